The van der Waals surface area contributed by atoms with E-state index in [9.17, 15) is 10.2 Å². The third kappa shape index (κ3) is 1.07. The Balaban J connectivity index is 2.44. The van der Waals surface area contributed by atoms with Crippen molar-refractivity contribution in [1.82, 2.24) is 0 Å². The summed E-state index contributed by atoms with van der Waals surface area (Å²) in [4.78, 5) is 0. The van der Waals surface area contributed by atoms with E-state index in [1.54, 1.807) is 0 Å². The smallest absolute Gasteiger partial charge is 0.282 e. The SMILES string of the molecule is OC(O)=C1c2ccccc2-c2ccccc21. The number of aliphatic hydroxyl groups is 2. The second-order valence-electron chi connectivity index (χ2n) is 3.79. The largest absolute Gasteiger partial charge is 0.481 e. The molecule has 2 N–H and O–H groups in total. The van der Waals surface area contributed by atoms with Crippen LogP contribution in [0.4, 0.5) is 0 Å². The molecule has 0 heterocycles. The molecule has 3 rings (SSSR count). The normalized spacial score (nSPS) is 12.1. The van der Waals surface area contributed by atoms with Crippen LogP contribution in [0, 0.1) is 0 Å². The van der Waals surface area contributed by atoms with E-state index in [1.165, 1.54) is 0 Å². The Morgan fingerprint density at radius 1 is 0.625 bits per heavy atom. The van der Waals surface area contributed by atoms with Crippen molar-refractivity contribution < 1.29 is 10.2 Å². The molecule has 1 aliphatic carbocycles. The summed E-state index contributed by atoms with van der Waals surface area (Å²) in [5, 5.41) is 18.8. The fourth-order valence-electron chi connectivity index (χ4n) is 2.26. The third-order valence-corrected chi connectivity index (χ3v) is 2.91. The Morgan fingerprint density at radius 3 is 1.38 bits per heavy atom. The van der Waals surface area contributed by atoms with Crippen molar-refractivity contribution in [2.75, 3.05) is 0 Å². The van der Waals surface area contributed by atoms with Crippen LogP contribution in [0.15, 0.2) is 54.5 Å². The van der Waals surface area contributed by atoms with Crippen LogP contribution in [0.25, 0.3) is 16.7 Å². The summed E-state index contributed by atoms with van der Waals surface area (Å²) >= 11 is 0. The first-order valence-corrected chi connectivity index (χ1v) is 5.10. The average Bonchev–Trinajstić information content (AvgIpc) is 2.63. The number of fused-ring (bicyclic) bond motifs is 3. The van der Waals surface area contributed by atoms with Gasteiger partial charge in [-0.2, -0.15) is 0 Å². The van der Waals surface area contributed by atoms with E-state index in [4.69, 9.17) is 0 Å². The minimum absolute atomic E-state index is 0.520. The highest BCUT2D eigenvalue weighted by atomic mass is 16.5. The zero-order chi connectivity index (χ0) is 11.1. The lowest BCUT2D eigenvalue weighted by molar-refractivity contribution is 0.195. The number of hydrogen-bond donors (Lipinski definition) is 2. The van der Waals surface area contributed by atoms with Crippen molar-refractivity contribution in [2.24, 2.45) is 0 Å². The zero-order valence-electron chi connectivity index (χ0n) is 8.51. The molecule has 2 aromatic rings. The molecule has 1 aliphatic rings. The lowest BCUT2D eigenvalue weighted by atomic mass is 10.1. The molecule has 0 aliphatic heterocycles. The zero-order valence-corrected chi connectivity index (χ0v) is 8.51. The van der Waals surface area contributed by atoms with Crippen molar-refractivity contribution in [3.63, 3.8) is 0 Å². The van der Waals surface area contributed by atoms with Gasteiger partial charge in [0.25, 0.3) is 5.95 Å². The molecule has 2 nitrogen and oxygen atoms in total. The van der Waals surface area contributed by atoms with E-state index < -0.39 is 5.95 Å². The van der Waals surface area contributed by atoms with Gasteiger partial charge >= 0.3 is 0 Å². The summed E-state index contributed by atoms with van der Waals surface area (Å²) in [6.45, 7) is 0. The molecule has 78 valence electrons. The molecule has 0 aromatic heterocycles. The highest BCUT2D eigenvalue weighted by Crippen LogP contribution is 2.44. The molecule has 2 aromatic carbocycles. The van der Waals surface area contributed by atoms with Crippen molar-refractivity contribution in [2.45, 2.75) is 0 Å². The summed E-state index contributed by atoms with van der Waals surface area (Å²) in [6, 6.07) is 15.5. The molecule has 0 unspecified atom stereocenters. The molecule has 0 radical (unpaired) electrons. The highest BCUT2D eigenvalue weighted by molar-refractivity contribution is 6.01. The van der Waals surface area contributed by atoms with Crippen LogP contribution >= 0.6 is 0 Å². The van der Waals surface area contributed by atoms with E-state index in [0.29, 0.717) is 5.57 Å². The van der Waals surface area contributed by atoms with Crippen LogP contribution < -0.4 is 0 Å². The average molecular weight is 210 g/mol. The van der Waals surface area contributed by atoms with Gasteiger partial charge < -0.3 is 10.2 Å². The maximum atomic E-state index is 9.38. The number of benzene rings is 2. The fraction of sp³-hybridized carbons (Fsp3) is 0. The van der Waals surface area contributed by atoms with Gasteiger partial charge in [0.2, 0.25) is 0 Å². The second-order valence-corrected chi connectivity index (χ2v) is 3.79. The van der Waals surface area contributed by atoms with Crippen LogP contribution in [-0.4, -0.2) is 10.2 Å². The Bertz CT molecular complexity index is 546. The third-order valence-electron chi connectivity index (χ3n) is 2.91. The molecule has 0 bridgehead atoms. The minimum atomic E-state index is -0.614. The molecule has 0 amide bonds. The molecular formula is C14H10O2. The summed E-state index contributed by atoms with van der Waals surface area (Å²) < 4.78 is 0. The minimum Gasteiger partial charge on any atom is -0.481 e. The molecule has 0 saturated heterocycles. The Morgan fingerprint density at radius 2 is 1.00 bits per heavy atom. The standard InChI is InChI=1S/C14H10O2/c15-14(16)13-11-7-3-1-5-9(11)10-6-2-4-8-12(10)13/h1-8,15-16H. The summed E-state index contributed by atoms with van der Waals surface area (Å²) in [5.74, 6) is -0.614. The lowest BCUT2D eigenvalue weighted by Gasteiger charge is -2.01. The first-order valence-electron chi connectivity index (χ1n) is 5.10. The van der Waals surface area contributed by atoms with E-state index >= 15 is 0 Å². The van der Waals surface area contributed by atoms with Gasteiger partial charge in [0.05, 0.1) is 5.57 Å². The van der Waals surface area contributed by atoms with Crippen LogP contribution in [0.5, 0.6) is 0 Å². The van der Waals surface area contributed by atoms with Crippen molar-refractivity contribution in [1.29, 1.82) is 0 Å². The van der Waals surface area contributed by atoms with E-state index in [0.717, 1.165) is 22.3 Å². The van der Waals surface area contributed by atoms with Gasteiger partial charge in [0, 0.05) is 0 Å². The van der Waals surface area contributed by atoms with Gasteiger partial charge in [-0.05, 0) is 22.3 Å². The lowest BCUT2D eigenvalue weighted by Crippen LogP contribution is -1.88. The number of hydrogen-bond acceptors (Lipinski definition) is 2. The predicted molar refractivity (Wildman–Crippen MR) is 63.2 cm³/mol. The van der Waals surface area contributed by atoms with Crippen molar-refractivity contribution in [3.8, 4) is 11.1 Å². The molecule has 16 heavy (non-hydrogen) atoms. The van der Waals surface area contributed by atoms with Crippen LogP contribution in [0.3, 0.4) is 0 Å². The molecular weight excluding hydrogens is 200 g/mol. The summed E-state index contributed by atoms with van der Waals surface area (Å²) in [7, 11) is 0. The van der Waals surface area contributed by atoms with Crippen LogP contribution in [0.2, 0.25) is 0 Å². The summed E-state index contributed by atoms with van der Waals surface area (Å²) in [6.07, 6.45) is 0. The van der Waals surface area contributed by atoms with Gasteiger partial charge in [-0.25, -0.2) is 0 Å². The number of aliphatic hydroxyl groups excluding tert-OH is 1. The van der Waals surface area contributed by atoms with Gasteiger partial charge in [0.15, 0.2) is 0 Å². The van der Waals surface area contributed by atoms with Gasteiger partial charge in [-0.15, -0.1) is 0 Å². The summed E-state index contributed by atoms with van der Waals surface area (Å²) in [5.41, 5.74) is 4.38. The molecule has 0 saturated carbocycles. The first kappa shape index (κ1) is 9.04. The monoisotopic (exact) mass is 210 g/mol. The van der Waals surface area contributed by atoms with Crippen molar-refractivity contribution in [3.05, 3.63) is 65.6 Å². The fourth-order valence-corrected chi connectivity index (χ4v) is 2.26. The van der Waals surface area contributed by atoms with Gasteiger partial charge in [0.1, 0.15) is 0 Å². The maximum absolute atomic E-state index is 9.38. The molecule has 2 heteroatoms. The predicted octanol–water partition coefficient (Wildman–Crippen LogP) is 3.50. The van der Waals surface area contributed by atoms with Crippen LogP contribution in [-0.2, 0) is 0 Å². The Hall–Kier alpha value is -2.22. The maximum Gasteiger partial charge on any atom is 0.282 e. The Kier molecular flexibility index (Phi) is 1.77. The highest BCUT2D eigenvalue weighted by Gasteiger charge is 2.25. The van der Waals surface area contributed by atoms with Gasteiger partial charge in [-0.3, -0.25) is 0 Å². The quantitative estimate of drug-likeness (QED) is 0.557. The van der Waals surface area contributed by atoms with E-state index in [-0.39, 0.29) is 0 Å². The molecule has 0 fully saturated rings. The molecule has 0 atom stereocenters. The molecule has 0 spiro atoms. The van der Waals surface area contributed by atoms with Crippen LogP contribution in [0.1, 0.15) is 11.1 Å². The topological polar surface area (TPSA) is 40.5 Å². The van der Waals surface area contributed by atoms with Gasteiger partial charge in [-0.1, -0.05) is 48.5 Å². The van der Waals surface area contributed by atoms with E-state index in [2.05, 4.69) is 0 Å². The van der Waals surface area contributed by atoms with E-state index in [1.807, 2.05) is 48.5 Å². The Labute approximate surface area is 93.1 Å². The number of rotatable bonds is 0. The first-order chi connectivity index (χ1) is 7.79. The van der Waals surface area contributed by atoms with Crippen molar-refractivity contribution >= 4 is 5.57 Å². The second kappa shape index (κ2) is 3.14.